The Morgan fingerprint density at radius 1 is 0.882 bits per heavy atom. The molecule has 1 aliphatic heterocycles. The third kappa shape index (κ3) is 9.37. The predicted molar refractivity (Wildman–Crippen MR) is 122 cm³/mol. The quantitative estimate of drug-likeness (QED) is 0.156. The van der Waals surface area contributed by atoms with Crippen molar-refractivity contribution in [1.29, 1.82) is 0 Å². The Labute approximate surface area is 213 Å². The molecule has 194 valence electrons. The highest BCUT2D eigenvalue weighted by molar-refractivity contribution is 9.10. The molecule has 1 rings (SSSR count). The van der Waals surface area contributed by atoms with E-state index in [0.29, 0.717) is 5.06 Å². The van der Waals surface area contributed by atoms with Crippen molar-refractivity contribution in [2.75, 3.05) is 26.4 Å². The molecule has 0 bridgehead atoms. The number of aliphatic hydroxyl groups is 1. The van der Waals surface area contributed by atoms with E-state index in [1.54, 1.807) is 27.7 Å². The minimum Gasteiger partial charge on any atom is -0.463 e. The zero-order chi connectivity index (χ0) is 26.3. The lowest BCUT2D eigenvalue weighted by Gasteiger charge is -2.28. The molecular weight excluding hydrogens is 590 g/mol. The van der Waals surface area contributed by atoms with E-state index < -0.39 is 76.7 Å². The summed E-state index contributed by atoms with van der Waals surface area (Å²) in [6, 6.07) is 0. The number of alkyl halides is 2. The molecule has 12 nitrogen and oxygen atoms in total. The summed E-state index contributed by atoms with van der Waals surface area (Å²) < 4.78 is 18.2. The Hall–Kier alpha value is -1.93. The SMILES string of the molecule is CC(C)(Br)C(=O)OCC(C)(COC(=O)C(C)(C)Br)C(=O)OCCOC(=O)ON1C(=O)CCC1O. The maximum absolute atomic E-state index is 12.7. The van der Waals surface area contributed by atoms with E-state index in [1.165, 1.54) is 6.92 Å². The second-order valence-electron chi connectivity index (χ2n) is 8.72. The lowest BCUT2D eigenvalue weighted by Crippen LogP contribution is -2.43. The number of hydrogen-bond acceptors (Lipinski definition) is 11. The van der Waals surface area contributed by atoms with Crippen molar-refractivity contribution in [3.8, 4) is 0 Å². The first-order valence-electron chi connectivity index (χ1n) is 10.2. The van der Waals surface area contributed by atoms with Gasteiger partial charge in [0, 0.05) is 12.8 Å². The lowest BCUT2D eigenvalue weighted by molar-refractivity contribution is -0.199. The molecule has 34 heavy (non-hydrogen) atoms. The Morgan fingerprint density at radius 3 is 1.76 bits per heavy atom. The van der Waals surface area contributed by atoms with Crippen LogP contribution in [0.2, 0.25) is 0 Å². The van der Waals surface area contributed by atoms with Gasteiger partial charge in [-0.25, -0.2) is 4.79 Å². The van der Waals surface area contributed by atoms with Crippen molar-refractivity contribution in [1.82, 2.24) is 5.06 Å². The summed E-state index contributed by atoms with van der Waals surface area (Å²) in [5.41, 5.74) is -1.56. The summed E-state index contributed by atoms with van der Waals surface area (Å²) in [7, 11) is 0. The van der Waals surface area contributed by atoms with E-state index in [9.17, 15) is 29.1 Å². The highest BCUT2D eigenvalue weighted by Crippen LogP contribution is 2.26. The number of aliphatic hydroxyl groups excluding tert-OH is 1. The fourth-order valence-electron chi connectivity index (χ4n) is 2.25. The van der Waals surface area contributed by atoms with Gasteiger partial charge in [-0.2, -0.15) is 0 Å². The maximum atomic E-state index is 12.7. The van der Waals surface area contributed by atoms with Gasteiger partial charge in [0.15, 0.2) is 6.23 Å². The highest BCUT2D eigenvalue weighted by Gasteiger charge is 2.41. The number of carbonyl (C=O) groups excluding carboxylic acids is 5. The van der Waals surface area contributed by atoms with E-state index >= 15 is 0 Å². The van der Waals surface area contributed by atoms with E-state index in [-0.39, 0.29) is 12.8 Å². The van der Waals surface area contributed by atoms with Crippen LogP contribution >= 0.6 is 31.9 Å². The summed E-state index contributed by atoms with van der Waals surface area (Å²) in [4.78, 5) is 64.7. The van der Waals surface area contributed by atoms with Gasteiger partial charge in [-0.1, -0.05) is 31.9 Å². The largest absolute Gasteiger partial charge is 0.533 e. The smallest absolute Gasteiger partial charge is 0.463 e. The zero-order valence-electron chi connectivity index (χ0n) is 19.6. The molecule has 1 aliphatic rings. The zero-order valence-corrected chi connectivity index (χ0v) is 22.7. The Balaban J connectivity index is 2.65. The first kappa shape index (κ1) is 30.1. The van der Waals surface area contributed by atoms with Gasteiger partial charge in [-0.15, -0.1) is 5.06 Å². The Kier molecular flexibility index (Phi) is 10.8. The number of carbonyl (C=O) groups is 5. The third-order valence-electron chi connectivity index (χ3n) is 4.35. The van der Waals surface area contributed by atoms with Gasteiger partial charge in [-0.3, -0.25) is 19.2 Å². The number of amides is 1. The first-order chi connectivity index (χ1) is 15.5. The van der Waals surface area contributed by atoms with Crippen molar-refractivity contribution in [2.24, 2.45) is 5.41 Å². The van der Waals surface area contributed by atoms with Crippen LogP contribution in [-0.2, 0) is 43.0 Å². The molecule has 1 heterocycles. The predicted octanol–water partition coefficient (Wildman–Crippen LogP) is 1.98. The summed E-state index contributed by atoms with van der Waals surface area (Å²) in [5.74, 6) is -2.75. The molecule has 0 aromatic heterocycles. The molecule has 0 aromatic carbocycles. The molecule has 0 radical (unpaired) electrons. The van der Waals surface area contributed by atoms with Crippen molar-refractivity contribution >= 4 is 61.8 Å². The molecule has 1 N–H and O–H groups in total. The monoisotopic (exact) mass is 617 g/mol. The average molecular weight is 619 g/mol. The van der Waals surface area contributed by atoms with Crippen molar-refractivity contribution < 1.29 is 52.9 Å². The average Bonchev–Trinajstić information content (AvgIpc) is 3.03. The highest BCUT2D eigenvalue weighted by atomic mass is 79.9. The molecular formula is C20H29Br2NO11. The number of halogens is 2. The second-order valence-corrected chi connectivity index (χ2v) is 12.7. The number of nitrogens with zero attached hydrogens (tertiary/aromatic N) is 1. The number of hydrogen-bond donors (Lipinski definition) is 1. The van der Waals surface area contributed by atoms with Gasteiger partial charge < -0.3 is 28.9 Å². The molecule has 1 atom stereocenters. The van der Waals surface area contributed by atoms with Crippen LogP contribution in [0.4, 0.5) is 4.79 Å². The van der Waals surface area contributed by atoms with Crippen molar-refractivity contribution in [3.05, 3.63) is 0 Å². The minimum atomic E-state index is -1.56. The van der Waals surface area contributed by atoms with Crippen LogP contribution in [0.3, 0.4) is 0 Å². The van der Waals surface area contributed by atoms with Crippen LogP contribution in [0.5, 0.6) is 0 Å². The summed E-state index contributed by atoms with van der Waals surface area (Å²) >= 11 is 6.32. The molecule has 0 aliphatic carbocycles. The topological polar surface area (TPSA) is 155 Å². The lowest BCUT2D eigenvalue weighted by atomic mass is 9.93. The number of ether oxygens (including phenoxy) is 4. The first-order valence-corrected chi connectivity index (χ1v) is 11.8. The van der Waals surface area contributed by atoms with Crippen LogP contribution < -0.4 is 0 Å². The van der Waals surface area contributed by atoms with Gasteiger partial charge in [0.1, 0.15) is 40.5 Å². The molecule has 0 saturated carbocycles. The Morgan fingerprint density at radius 2 is 1.35 bits per heavy atom. The summed E-state index contributed by atoms with van der Waals surface area (Å²) in [6.07, 6.45) is -2.37. The molecule has 1 saturated heterocycles. The third-order valence-corrected chi connectivity index (χ3v) is 5.00. The molecule has 1 amide bonds. The second kappa shape index (κ2) is 12.2. The van der Waals surface area contributed by atoms with Crippen LogP contribution in [0, 0.1) is 5.41 Å². The standard InChI is InChI=1S/C20H29Br2NO11/c1-18(2,21)14(26)32-10-20(5,11-33-15(27)19(3,4)22)16(28)30-8-9-31-17(29)34-23-12(24)6-7-13(23)25/h12,24H,6-11H2,1-5H3. The fraction of sp³-hybridized carbons (Fsp3) is 0.750. The minimum absolute atomic E-state index is 0.0261. The number of rotatable bonds is 11. The fourth-order valence-corrected chi connectivity index (χ4v) is 2.48. The van der Waals surface area contributed by atoms with Gasteiger partial charge in [0.25, 0.3) is 5.91 Å². The Bertz CT molecular complexity index is 758. The van der Waals surface area contributed by atoms with Gasteiger partial charge >= 0.3 is 24.1 Å². The van der Waals surface area contributed by atoms with Crippen LogP contribution in [0.15, 0.2) is 0 Å². The number of esters is 3. The maximum Gasteiger partial charge on any atom is 0.533 e. The van der Waals surface area contributed by atoms with Crippen molar-refractivity contribution in [3.63, 3.8) is 0 Å². The van der Waals surface area contributed by atoms with Crippen LogP contribution in [0.1, 0.15) is 47.5 Å². The van der Waals surface area contributed by atoms with Gasteiger partial charge in [0.05, 0.1) is 0 Å². The van der Waals surface area contributed by atoms with Gasteiger partial charge in [0.2, 0.25) is 0 Å². The van der Waals surface area contributed by atoms with E-state index in [2.05, 4.69) is 36.7 Å². The van der Waals surface area contributed by atoms with Crippen LogP contribution in [-0.4, -0.2) is 81.4 Å². The summed E-state index contributed by atoms with van der Waals surface area (Å²) in [6.45, 7) is 5.88. The van der Waals surface area contributed by atoms with E-state index in [1.807, 2.05) is 0 Å². The summed E-state index contributed by atoms with van der Waals surface area (Å²) in [5, 5.41) is 10.1. The molecule has 1 fully saturated rings. The normalized spacial score (nSPS) is 16.6. The molecule has 14 heteroatoms. The van der Waals surface area contributed by atoms with Gasteiger partial charge in [-0.05, 0) is 34.6 Å². The van der Waals surface area contributed by atoms with E-state index in [4.69, 9.17) is 18.9 Å². The molecule has 1 unspecified atom stereocenters. The molecule has 0 aromatic rings. The van der Waals surface area contributed by atoms with Crippen LogP contribution in [0.25, 0.3) is 0 Å². The molecule has 0 spiro atoms. The number of hydroxylamine groups is 2. The van der Waals surface area contributed by atoms with Crippen molar-refractivity contribution in [2.45, 2.75) is 62.3 Å². The van der Waals surface area contributed by atoms with E-state index in [0.717, 1.165) is 0 Å².